The fraction of sp³-hybridized carbons (Fsp3) is 0.533. The molecule has 0 fully saturated rings. The van der Waals surface area contributed by atoms with Gasteiger partial charge in [0.15, 0.2) is 6.10 Å². The summed E-state index contributed by atoms with van der Waals surface area (Å²) in [5, 5.41) is 2.81. The molecular formula is C15H24N2O3. The number of nitrogens with two attached hydrogens (primary N) is 1. The molecule has 1 aromatic rings. The first-order valence-corrected chi connectivity index (χ1v) is 6.83. The summed E-state index contributed by atoms with van der Waals surface area (Å²) in [6.45, 7) is 4.85. The number of amides is 1. The molecule has 0 aliphatic carbocycles. The normalized spacial score (nSPS) is 13.6. The van der Waals surface area contributed by atoms with Crippen molar-refractivity contribution in [2.45, 2.75) is 32.4 Å². The number of carbonyl (C=O) groups excluding carboxylic acids is 1. The lowest BCUT2D eigenvalue weighted by molar-refractivity contribution is -0.127. The number of methoxy groups -OCH3 is 1. The van der Waals surface area contributed by atoms with Crippen LogP contribution in [-0.4, -0.2) is 32.3 Å². The van der Waals surface area contributed by atoms with Crippen LogP contribution < -0.4 is 15.8 Å². The fourth-order valence-corrected chi connectivity index (χ4v) is 1.70. The van der Waals surface area contributed by atoms with Crippen molar-refractivity contribution in [3.63, 3.8) is 0 Å². The molecule has 112 valence electrons. The maximum Gasteiger partial charge on any atom is 0.260 e. The molecular weight excluding hydrogens is 256 g/mol. The molecule has 0 saturated carbocycles. The van der Waals surface area contributed by atoms with Gasteiger partial charge in [-0.05, 0) is 38.0 Å². The topological polar surface area (TPSA) is 73.6 Å². The molecule has 20 heavy (non-hydrogen) atoms. The summed E-state index contributed by atoms with van der Waals surface area (Å²) in [5.74, 6) is 0.520. The molecule has 0 heterocycles. The molecule has 5 heteroatoms. The zero-order valence-corrected chi connectivity index (χ0v) is 12.4. The van der Waals surface area contributed by atoms with Gasteiger partial charge in [0.2, 0.25) is 0 Å². The first-order valence-electron chi connectivity index (χ1n) is 6.83. The summed E-state index contributed by atoms with van der Waals surface area (Å²) >= 11 is 0. The standard InChI is InChI=1S/C15H24N2O3/c1-11(16)13-6-4-7-14(10-13)20-12(2)15(18)17-8-5-9-19-3/h4,6-7,10-12H,5,8-9,16H2,1-3H3,(H,17,18). The summed E-state index contributed by atoms with van der Waals surface area (Å²) in [6, 6.07) is 7.43. The number of hydrogen-bond donors (Lipinski definition) is 2. The summed E-state index contributed by atoms with van der Waals surface area (Å²) in [7, 11) is 1.64. The van der Waals surface area contributed by atoms with Gasteiger partial charge in [0.25, 0.3) is 5.91 Å². The molecule has 0 aliphatic rings. The largest absolute Gasteiger partial charge is 0.481 e. The molecule has 3 N–H and O–H groups in total. The van der Waals surface area contributed by atoms with Crippen LogP contribution in [0.3, 0.4) is 0 Å². The SMILES string of the molecule is COCCCNC(=O)C(C)Oc1cccc(C(C)N)c1. The van der Waals surface area contributed by atoms with Crippen molar-refractivity contribution in [1.82, 2.24) is 5.32 Å². The summed E-state index contributed by atoms with van der Waals surface area (Å²) in [6.07, 6.45) is 0.246. The molecule has 0 spiro atoms. The van der Waals surface area contributed by atoms with Crippen molar-refractivity contribution >= 4 is 5.91 Å². The van der Waals surface area contributed by atoms with Crippen LogP contribution in [0.15, 0.2) is 24.3 Å². The van der Waals surface area contributed by atoms with Gasteiger partial charge in [-0.15, -0.1) is 0 Å². The lowest BCUT2D eigenvalue weighted by Gasteiger charge is -2.16. The number of rotatable bonds is 8. The van der Waals surface area contributed by atoms with Crippen LogP contribution in [0.25, 0.3) is 0 Å². The zero-order chi connectivity index (χ0) is 15.0. The molecule has 2 unspecified atom stereocenters. The average molecular weight is 280 g/mol. The van der Waals surface area contributed by atoms with E-state index in [-0.39, 0.29) is 11.9 Å². The lowest BCUT2D eigenvalue weighted by Crippen LogP contribution is -2.37. The minimum Gasteiger partial charge on any atom is -0.481 e. The number of benzene rings is 1. The second kappa shape index (κ2) is 8.55. The number of carbonyl (C=O) groups is 1. The Morgan fingerprint density at radius 3 is 2.80 bits per heavy atom. The van der Waals surface area contributed by atoms with Crippen molar-refractivity contribution in [2.75, 3.05) is 20.3 Å². The summed E-state index contributed by atoms with van der Waals surface area (Å²) in [4.78, 5) is 11.8. The van der Waals surface area contributed by atoms with Gasteiger partial charge in [0.1, 0.15) is 5.75 Å². The predicted octanol–water partition coefficient (Wildman–Crippen LogP) is 1.63. The fourth-order valence-electron chi connectivity index (χ4n) is 1.70. The van der Waals surface area contributed by atoms with E-state index in [0.29, 0.717) is 18.9 Å². The van der Waals surface area contributed by atoms with Gasteiger partial charge in [0.05, 0.1) is 0 Å². The number of nitrogens with one attached hydrogen (secondary N) is 1. The maximum absolute atomic E-state index is 11.8. The molecule has 5 nitrogen and oxygen atoms in total. The van der Waals surface area contributed by atoms with Crippen LogP contribution in [0.1, 0.15) is 31.9 Å². The van der Waals surface area contributed by atoms with E-state index in [1.807, 2.05) is 31.2 Å². The molecule has 0 aliphatic heterocycles. The van der Waals surface area contributed by atoms with Gasteiger partial charge in [-0.1, -0.05) is 12.1 Å². The van der Waals surface area contributed by atoms with Gasteiger partial charge in [-0.3, -0.25) is 4.79 Å². The van der Waals surface area contributed by atoms with Crippen LogP contribution >= 0.6 is 0 Å². The number of ether oxygens (including phenoxy) is 2. The minimum absolute atomic E-state index is 0.0586. The van der Waals surface area contributed by atoms with Crippen LogP contribution in [0.2, 0.25) is 0 Å². The van der Waals surface area contributed by atoms with Crippen LogP contribution in [0, 0.1) is 0 Å². The minimum atomic E-state index is -0.541. The van der Waals surface area contributed by atoms with Crippen LogP contribution in [-0.2, 0) is 9.53 Å². The molecule has 1 rings (SSSR count). The lowest BCUT2D eigenvalue weighted by atomic mass is 10.1. The van der Waals surface area contributed by atoms with E-state index in [4.69, 9.17) is 15.2 Å². The van der Waals surface area contributed by atoms with E-state index in [1.165, 1.54) is 0 Å². The van der Waals surface area contributed by atoms with Gasteiger partial charge in [0, 0.05) is 26.3 Å². The molecule has 0 saturated heterocycles. The maximum atomic E-state index is 11.8. The average Bonchev–Trinajstić information content (AvgIpc) is 2.43. The van der Waals surface area contributed by atoms with E-state index in [2.05, 4.69) is 5.32 Å². The second-order valence-corrected chi connectivity index (χ2v) is 4.76. The summed E-state index contributed by atoms with van der Waals surface area (Å²) in [5.41, 5.74) is 6.80. The Morgan fingerprint density at radius 1 is 1.40 bits per heavy atom. The van der Waals surface area contributed by atoms with Crippen LogP contribution in [0.5, 0.6) is 5.75 Å². The highest BCUT2D eigenvalue weighted by Crippen LogP contribution is 2.18. The molecule has 0 radical (unpaired) electrons. The van der Waals surface area contributed by atoms with Gasteiger partial charge in [-0.2, -0.15) is 0 Å². The van der Waals surface area contributed by atoms with Crippen molar-refractivity contribution in [3.8, 4) is 5.75 Å². The predicted molar refractivity (Wildman–Crippen MR) is 78.6 cm³/mol. The molecule has 2 atom stereocenters. The Hall–Kier alpha value is -1.59. The Bertz CT molecular complexity index is 421. The Labute approximate surface area is 120 Å². The monoisotopic (exact) mass is 280 g/mol. The molecule has 0 aromatic heterocycles. The molecule has 1 aromatic carbocycles. The summed E-state index contributed by atoms with van der Waals surface area (Å²) < 4.78 is 10.5. The highest BCUT2D eigenvalue weighted by atomic mass is 16.5. The van der Waals surface area contributed by atoms with Crippen LogP contribution in [0.4, 0.5) is 0 Å². The Balaban J connectivity index is 2.46. The smallest absolute Gasteiger partial charge is 0.260 e. The number of hydrogen-bond acceptors (Lipinski definition) is 4. The van der Waals surface area contributed by atoms with E-state index >= 15 is 0 Å². The third-order valence-electron chi connectivity index (χ3n) is 2.89. The third-order valence-corrected chi connectivity index (χ3v) is 2.89. The molecule has 1 amide bonds. The highest BCUT2D eigenvalue weighted by Gasteiger charge is 2.14. The van der Waals surface area contributed by atoms with Crippen molar-refractivity contribution in [2.24, 2.45) is 5.73 Å². The quantitative estimate of drug-likeness (QED) is 0.710. The third kappa shape index (κ3) is 5.59. The van der Waals surface area contributed by atoms with E-state index in [0.717, 1.165) is 12.0 Å². The van der Waals surface area contributed by atoms with E-state index in [1.54, 1.807) is 14.0 Å². The van der Waals surface area contributed by atoms with Crippen molar-refractivity contribution in [3.05, 3.63) is 29.8 Å². The second-order valence-electron chi connectivity index (χ2n) is 4.76. The first kappa shape index (κ1) is 16.5. The Morgan fingerprint density at radius 2 is 2.15 bits per heavy atom. The zero-order valence-electron chi connectivity index (χ0n) is 12.4. The first-order chi connectivity index (χ1) is 9.54. The van der Waals surface area contributed by atoms with Crippen molar-refractivity contribution < 1.29 is 14.3 Å². The Kier molecular flexibility index (Phi) is 7.04. The van der Waals surface area contributed by atoms with E-state index in [9.17, 15) is 4.79 Å². The van der Waals surface area contributed by atoms with Gasteiger partial charge in [-0.25, -0.2) is 0 Å². The van der Waals surface area contributed by atoms with Crippen molar-refractivity contribution in [1.29, 1.82) is 0 Å². The van der Waals surface area contributed by atoms with Gasteiger partial charge >= 0.3 is 0 Å². The van der Waals surface area contributed by atoms with E-state index < -0.39 is 6.10 Å². The van der Waals surface area contributed by atoms with Gasteiger partial charge < -0.3 is 20.5 Å². The molecule has 0 bridgehead atoms. The highest BCUT2D eigenvalue weighted by molar-refractivity contribution is 5.80.